The summed E-state index contributed by atoms with van der Waals surface area (Å²) in [5, 5.41) is 3.40. The average Bonchev–Trinajstić information content (AvgIpc) is 2.73. The summed E-state index contributed by atoms with van der Waals surface area (Å²) in [5.41, 5.74) is 0. The van der Waals surface area contributed by atoms with Crippen molar-refractivity contribution in [3.8, 4) is 0 Å². The number of aromatic nitrogens is 1. The second-order valence-corrected chi connectivity index (χ2v) is 4.96. The van der Waals surface area contributed by atoms with Crippen molar-refractivity contribution < 1.29 is 4.42 Å². The molecule has 0 saturated carbocycles. The number of nitrogens with zero attached hydrogens (tertiary/aromatic N) is 2. The van der Waals surface area contributed by atoms with E-state index in [0.717, 1.165) is 30.8 Å². The molecule has 0 bridgehead atoms. The molecule has 0 spiro atoms. The van der Waals surface area contributed by atoms with Crippen LogP contribution < -0.4 is 5.32 Å². The maximum absolute atomic E-state index is 5.41. The molecule has 1 atom stereocenters. The van der Waals surface area contributed by atoms with Crippen LogP contribution in [0.5, 0.6) is 0 Å². The summed E-state index contributed by atoms with van der Waals surface area (Å²) in [6, 6.07) is 0.752. The van der Waals surface area contributed by atoms with Crippen molar-refractivity contribution in [3.05, 3.63) is 17.8 Å². The summed E-state index contributed by atoms with van der Waals surface area (Å²) in [4.78, 5) is 6.66. The Hall–Kier alpha value is -0.870. The van der Waals surface area contributed by atoms with E-state index in [1.54, 1.807) is 6.20 Å². The molecule has 1 aliphatic heterocycles. The van der Waals surface area contributed by atoms with E-state index in [4.69, 9.17) is 4.42 Å². The minimum atomic E-state index is 0.740. The van der Waals surface area contributed by atoms with Crippen molar-refractivity contribution >= 4 is 0 Å². The number of nitrogens with one attached hydrogen (secondary N) is 1. The Morgan fingerprint density at radius 3 is 3.12 bits per heavy atom. The van der Waals surface area contributed by atoms with E-state index in [-0.39, 0.29) is 0 Å². The molecule has 4 nitrogen and oxygen atoms in total. The second kappa shape index (κ2) is 6.17. The highest BCUT2D eigenvalue weighted by Crippen LogP contribution is 2.17. The zero-order chi connectivity index (χ0) is 12.1. The van der Waals surface area contributed by atoms with Crippen LogP contribution in [0.1, 0.15) is 37.3 Å². The molecule has 1 N–H and O–H groups in total. The van der Waals surface area contributed by atoms with Gasteiger partial charge in [-0.3, -0.25) is 0 Å². The van der Waals surface area contributed by atoms with Crippen LogP contribution in [0.3, 0.4) is 0 Å². The molecule has 4 heteroatoms. The molecule has 96 valence electrons. The van der Waals surface area contributed by atoms with Gasteiger partial charge in [0.05, 0.1) is 12.7 Å². The first-order valence-electron chi connectivity index (χ1n) is 6.58. The molecular weight excluding hydrogens is 214 g/mol. The molecule has 1 fully saturated rings. The summed E-state index contributed by atoms with van der Waals surface area (Å²) >= 11 is 0. The van der Waals surface area contributed by atoms with E-state index in [0.29, 0.717) is 0 Å². The fourth-order valence-electron chi connectivity index (χ4n) is 2.46. The fourth-order valence-corrected chi connectivity index (χ4v) is 2.46. The highest BCUT2D eigenvalue weighted by molar-refractivity contribution is 4.90. The van der Waals surface area contributed by atoms with Crippen molar-refractivity contribution in [2.24, 2.45) is 0 Å². The molecule has 2 heterocycles. The van der Waals surface area contributed by atoms with Gasteiger partial charge in [0, 0.05) is 6.04 Å². The lowest BCUT2D eigenvalue weighted by atomic mass is 10.0. The van der Waals surface area contributed by atoms with Gasteiger partial charge in [-0.2, -0.15) is 0 Å². The minimum absolute atomic E-state index is 0.740. The predicted octanol–water partition coefficient (Wildman–Crippen LogP) is 1.95. The third kappa shape index (κ3) is 3.82. The van der Waals surface area contributed by atoms with Gasteiger partial charge in [-0.25, -0.2) is 4.98 Å². The molecule has 1 saturated heterocycles. The normalized spacial score (nSPS) is 21.9. The number of piperidine rings is 1. The van der Waals surface area contributed by atoms with Crippen molar-refractivity contribution in [3.63, 3.8) is 0 Å². The van der Waals surface area contributed by atoms with Gasteiger partial charge < -0.3 is 14.6 Å². The van der Waals surface area contributed by atoms with Crippen molar-refractivity contribution in [2.75, 3.05) is 20.1 Å². The number of aryl methyl sites for hydroxylation is 1. The van der Waals surface area contributed by atoms with Crippen molar-refractivity contribution in [2.45, 2.75) is 45.2 Å². The monoisotopic (exact) mass is 237 g/mol. The predicted molar refractivity (Wildman–Crippen MR) is 67.8 cm³/mol. The molecule has 0 amide bonds. The highest BCUT2D eigenvalue weighted by atomic mass is 16.4. The Morgan fingerprint density at radius 1 is 1.53 bits per heavy atom. The van der Waals surface area contributed by atoms with Gasteiger partial charge in [-0.05, 0) is 46.3 Å². The first-order valence-corrected chi connectivity index (χ1v) is 6.58. The third-order valence-corrected chi connectivity index (χ3v) is 3.52. The molecule has 0 radical (unpaired) electrons. The summed E-state index contributed by atoms with van der Waals surface area (Å²) in [5.74, 6) is 1.67. The van der Waals surface area contributed by atoms with Gasteiger partial charge in [0.25, 0.3) is 0 Å². The topological polar surface area (TPSA) is 41.3 Å². The van der Waals surface area contributed by atoms with Crippen LogP contribution in [0.2, 0.25) is 0 Å². The zero-order valence-corrected chi connectivity index (χ0v) is 10.9. The van der Waals surface area contributed by atoms with E-state index < -0.39 is 0 Å². The molecule has 0 aliphatic carbocycles. The van der Waals surface area contributed by atoms with Crippen LogP contribution in [-0.2, 0) is 6.54 Å². The molecule has 17 heavy (non-hydrogen) atoms. The molecule has 1 aliphatic rings. The van der Waals surface area contributed by atoms with Gasteiger partial charge in [-0.1, -0.05) is 6.42 Å². The molecule has 0 aromatic carbocycles. The third-order valence-electron chi connectivity index (χ3n) is 3.52. The van der Waals surface area contributed by atoms with Gasteiger partial charge >= 0.3 is 0 Å². The molecule has 1 aromatic heterocycles. The van der Waals surface area contributed by atoms with Gasteiger partial charge in [0.1, 0.15) is 5.76 Å². The van der Waals surface area contributed by atoms with Gasteiger partial charge in [-0.15, -0.1) is 0 Å². The lowest BCUT2D eigenvalue weighted by Crippen LogP contribution is -2.38. The lowest BCUT2D eigenvalue weighted by Gasteiger charge is -2.32. The quantitative estimate of drug-likeness (QED) is 0.795. The first kappa shape index (κ1) is 12.6. The fraction of sp³-hybridized carbons (Fsp3) is 0.769. The van der Waals surface area contributed by atoms with Crippen LogP contribution in [0, 0.1) is 6.92 Å². The largest absolute Gasteiger partial charge is 0.445 e. The van der Waals surface area contributed by atoms with E-state index >= 15 is 0 Å². The van der Waals surface area contributed by atoms with Crippen molar-refractivity contribution in [1.82, 2.24) is 15.2 Å². The zero-order valence-electron chi connectivity index (χ0n) is 10.9. The first-order chi connectivity index (χ1) is 8.25. The number of hydrogen-bond donors (Lipinski definition) is 1. The molecule has 1 aromatic rings. The van der Waals surface area contributed by atoms with Gasteiger partial charge in [0.2, 0.25) is 5.89 Å². The Balaban J connectivity index is 1.62. The second-order valence-electron chi connectivity index (χ2n) is 4.96. The van der Waals surface area contributed by atoms with E-state index in [1.807, 2.05) is 6.92 Å². The Bertz CT molecular complexity index is 337. The van der Waals surface area contributed by atoms with Crippen LogP contribution in [0.15, 0.2) is 10.6 Å². The average molecular weight is 237 g/mol. The lowest BCUT2D eigenvalue weighted by molar-refractivity contribution is 0.175. The summed E-state index contributed by atoms with van der Waals surface area (Å²) in [6.45, 7) is 4.96. The maximum Gasteiger partial charge on any atom is 0.208 e. The number of oxazole rings is 1. The van der Waals surface area contributed by atoms with E-state index in [2.05, 4.69) is 22.2 Å². The number of likely N-dealkylation sites (tertiary alicyclic amines) is 1. The van der Waals surface area contributed by atoms with Crippen LogP contribution in [-0.4, -0.2) is 36.1 Å². The van der Waals surface area contributed by atoms with E-state index in [9.17, 15) is 0 Å². The van der Waals surface area contributed by atoms with Crippen LogP contribution in [0.4, 0.5) is 0 Å². The SMILES string of the molecule is Cc1cnc(CNCCC2CCCCN2C)o1. The summed E-state index contributed by atoms with van der Waals surface area (Å²) < 4.78 is 5.41. The smallest absolute Gasteiger partial charge is 0.208 e. The highest BCUT2D eigenvalue weighted by Gasteiger charge is 2.17. The van der Waals surface area contributed by atoms with Gasteiger partial charge in [0.15, 0.2) is 0 Å². The molecular formula is C13H23N3O. The maximum atomic E-state index is 5.41. The van der Waals surface area contributed by atoms with Crippen LogP contribution >= 0.6 is 0 Å². The Morgan fingerprint density at radius 2 is 2.41 bits per heavy atom. The number of hydrogen-bond acceptors (Lipinski definition) is 4. The van der Waals surface area contributed by atoms with Crippen LogP contribution in [0.25, 0.3) is 0 Å². The van der Waals surface area contributed by atoms with E-state index in [1.165, 1.54) is 32.2 Å². The Kier molecular flexibility index (Phi) is 4.57. The molecule has 1 unspecified atom stereocenters. The summed E-state index contributed by atoms with van der Waals surface area (Å²) in [7, 11) is 2.24. The molecule has 2 rings (SSSR count). The minimum Gasteiger partial charge on any atom is -0.445 e. The Labute approximate surface area is 103 Å². The summed E-state index contributed by atoms with van der Waals surface area (Å²) in [6.07, 6.45) is 7.07. The standard InChI is InChI=1S/C13H23N3O/c1-11-9-15-13(17-11)10-14-7-6-12-5-3-4-8-16(12)2/h9,12,14H,3-8,10H2,1-2H3. The van der Waals surface area contributed by atoms with Crippen molar-refractivity contribution in [1.29, 1.82) is 0 Å². The number of rotatable bonds is 5.